The molecule has 3 N–H and O–H groups in total. The summed E-state index contributed by atoms with van der Waals surface area (Å²) in [6.45, 7) is 3.76. The number of fused-ring (bicyclic) bond motifs is 1. The van der Waals surface area contributed by atoms with Crippen molar-refractivity contribution in [2.24, 2.45) is 5.73 Å². The van der Waals surface area contributed by atoms with Crippen LogP contribution < -0.4 is 11.3 Å². The van der Waals surface area contributed by atoms with Gasteiger partial charge in [0.2, 0.25) is 0 Å². The topological polar surface area (TPSA) is 85.3 Å². The number of rotatable bonds is 3. The summed E-state index contributed by atoms with van der Waals surface area (Å²) in [5.74, 6) is -1.21. The number of hydrogen-bond donors (Lipinski definition) is 2. The number of benzene rings is 1. The number of carbonyl (C=O) groups is 1. The molecule has 1 atom stereocenters. The van der Waals surface area contributed by atoms with Gasteiger partial charge in [0.25, 0.3) is 5.56 Å². The van der Waals surface area contributed by atoms with Gasteiger partial charge in [-0.25, -0.2) is 0 Å². The molecule has 1 aromatic heterocycles. The fraction of sp³-hybridized carbons (Fsp3) is 0.286. The number of hydrogen-bond acceptors (Lipinski definition) is 3. The summed E-state index contributed by atoms with van der Waals surface area (Å²) in [5, 5.41) is 9.80. The van der Waals surface area contributed by atoms with Crippen molar-refractivity contribution in [1.29, 1.82) is 0 Å². The van der Waals surface area contributed by atoms with Crippen molar-refractivity contribution in [2.45, 2.75) is 25.9 Å². The second-order valence-corrected chi connectivity index (χ2v) is 4.74. The maximum atomic E-state index is 12.4. The standard InChI is InChI=1S/C14H16N2O3/c1-8(2)16-11-6-4-3-5-9(11)7-10(13(16)17)12(15)14(18)19/h3-8,12H,15H2,1-2H3,(H,18,19). The van der Waals surface area contributed by atoms with Gasteiger partial charge in [0.15, 0.2) is 0 Å². The normalized spacial score (nSPS) is 12.8. The van der Waals surface area contributed by atoms with Gasteiger partial charge in [-0.05, 0) is 31.4 Å². The van der Waals surface area contributed by atoms with E-state index in [0.29, 0.717) is 0 Å². The van der Waals surface area contributed by atoms with Crippen LogP contribution in [0.15, 0.2) is 35.1 Å². The molecule has 0 aliphatic carbocycles. The van der Waals surface area contributed by atoms with Gasteiger partial charge in [0.05, 0.1) is 5.52 Å². The Kier molecular flexibility index (Phi) is 3.40. The molecule has 0 bridgehead atoms. The third kappa shape index (κ3) is 2.24. The van der Waals surface area contributed by atoms with Crippen LogP contribution in [-0.4, -0.2) is 15.6 Å². The van der Waals surface area contributed by atoms with Crippen LogP contribution in [0.2, 0.25) is 0 Å². The van der Waals surface area contributed by atoms with Gasteiger partial charge in [-0.2, -0.15) is 0 Å². The number of nitrogens with zero attached hydrogens (tertiary/aromatic N) is 1. The van der Waals surface area contributed by atoms with E-state index in [2.05, 4.69) is 0 Å². The summed E-state index contributed by atoms with van der Waals surface area (Å²) < 4.78 is 1.58. The molecule has 19 heavy (non-hydrogen) atoms. The second-order valence-electron chi connectivity index (χ2n) is 4.74. The van der Waals surface area contributed by atoms with E-state index in [1.165, 1.54) is 0 Å². The Balaban J connectivity index is 2.85. The molecule has 5 heteroatoms. The predicted octanol–water partition coefficient (Wildman–Crippen LogP) is 1.67. The van der Waals surface area contributed by atoms with Crippen LogP contribution in [0.25, 0.3) is 10.9 Å². The zero-order chi connectivity index (χ0) is 14.2. The van der Waals surface area contributed by atoms with Crippen LogP contribution >= 0.6 is 0 Å². The van der Waals surface area contributed by atoms with Crippen molar-refractivity contribution in [3.8, 4) is 0 Å². The smallest absolute Gasteiger partial charge is 0.325 e. The van der Waals surface area contributed by atoms with Crippen molar-refractivity contribution >= 4 is 16.9 Å². The molecule has 2 aromatic rings. The zero-order valence-electron chi connectivity index (χ0n) is 10.8. The highest BCUT2D eigenvalue weighted by atomic mass is 16.4. The molecule has 0 spiro atoms. The lowest BCUT2D eigenvalue weighted by molar-refractivity contribution is -0.138. The quantitative estimate of drug-likeness (QED) is 0.879. The van der Waals surface area contributed by atoms with Gasteiger partial charge >= 0.3 is 5.97 Å². The Morgan fingerprint density at radius 1 is 1.32 bits per heavy atom. The number of aliphatic carboxylic acids is 1. The Morgan fingerprint density at radius 3 is 2.53 bits per heavy atom. The van der Waals surface area contributed by atoms with Crippen molar-refractivity contribution in [3.63, 3.8) is 0 Å². The van der Waals surface area contributed by atoms with E-state index in [9.17, 15) is 9.59 Å². The van der Waals surface area contributed by atoms with Crippen LogP contribution in [0, 0.1) is 0 Å². The fourth-order valence-electron chi connectivity index (χ4n) is 2.18. The highest BCUT2D eigenvalue weighted by Crippen LogP contribution is 2.19. The first-order valence-corrected chi connectivity index (χ1v) is 6.06. The molecule has 1 heterocycles. The lowest BCUT2D eigenvalue weighted by Gasteiger charge is -2.17. The maximum absolute atomic E-state index is 12.4. The van der Waals surface area contributed by atoms with E-state index < -0.39 is 12.0 Å². The molecule has 0 aliphatic heterocycles. The lowest BCUT2D eigenvalue weighted by Crippen LogP contribution is -2.32. The monoisotopic (exact) mass is 260 g/mol. The van der Waals surface area contributed by atoms with Crippen molar-refractivity contribution in [2.75, 3.05) is 0 Å². The molecule has 0 amide bonds. The second kappa shape index (κ2) is 4.85. The molecular weight excluding hydrogens is 244 g/mol. The lowest BCUT2D eigenvalue weighted by atomic mass is 10.1. The first-order chi connectivity index (χ1) is 8.93. The molecule has 0 aliphatic rings. The summed E-state index contributed by atoms with van der Waals surface area (Å²) in [7, 11) is 0. The number of para-hydroxylation sites is 1. The molecule has 0 saturated carbocycles. The third-order valence-corrected chi connectivity index (χ3v) is 3.09. The fourth-order valence-corrected chi connectivity index (χ4v) is 2.18. The predicted molar refractivity (Wildman–Crippen MR) is 73.2 cm³/mol. The molecule has 0 saturated heterocycles. The summed E-state index contributed by atoms with van der Waals surface area (Å²) in [5.41, 5.74) is 6.13. The largest absolute Gasteiger partial charge is 0.480 e. The van der Waals surface area contributed by atoms with Gasteiger partial charge in [0.1, 0.15) is 6.04 Å². The molecule has 0 radical (unpaired) electrons. The molecule has 100 valence electrons. The van der Waals surface area contributed by atoms with E-state index in [-0.39, 0.29) is 17.2 Å². The van der Waals surface area contributed by atoms with Crippen molar-refractivity contribution in [1.82, 2.24) is 4.57 Å². The minimum Gasteiger partial charge on any atom is -0.480 e. The van der Waals surface area contributed by atoms with E-state index in [0.717, 1.165) is 10.9 Å². The maximum Gasteiger partial charge on any atom is 0.325 e. The van der Waals surface area contributed by atoms with Gasteiger partial charge in [-0.15, -0.1) is 0 Å². The van der Waals surface area contributed by atoms with E-state index >= 15 is 0 Å². The first-order valence-electron chi connectivity index (χ1n) is 6.06. The van der Waals surface area contributed by atoms with Crippen molar-refractivity contribution in [3.05, 3.63) is 46.2 Å². The van der Waals surface area contributed by atoms with Gasteiger partial charge in [-0.1, -0.05) is 18.2 Å². The van der Waals surface area contributed by atoms with E-state index in [4.69, 9.17) is 10.8 Å². The van der Waals surface area contributed by atoms with Crippen LogP contribution in [-0.2, 0) is 4.79 Å². The zero-order valence-corrected chi connectivity index (χ0v) is 10.8. The molecule has 1 aromatic carbocycles. The highest BCUT2D eigenvalue weighted by Gasteiger charge is 2.21. The van der Waals surface area contributed by atoms with Crippen LogP contribution in [0.4, 0.5) is 0 Å². The SMILES string of the molecule is CC(C)n1c(=O)c(C(N)C(=O)O)cc2ccccc21. The summed E-state index contributed by atoms with van der Waals surface area (Å²) >= 11 is 0. The van der Waals surface area contributed by atoms with Crippen LogP contribution in [0.5, 0.6) is 0 Å². The Morgan fingerprint density at radius 2 is 1.95 bits per heavy atom. The third-order valence-electron chi connectivity index (χ3n) is 3.09. The highest BCUT2D eigenvalue weighted by molar-refractivity contribution is 5.82. The number of pyridine rings is 1. The minimum absolute atomic E-state index is 0.0710. The first kappa shape index (κ1) is 13.3. The van der Waals surface area contributed by atoms with Gasteiger partial charge in [0, 0.05) is 11.6 Å². The summed E-state index contributed by atoms with van der Waals surface area (Å²) in [6.07, 6.45) is 0. The average Bonchev–Trinajstić information content (AvgIpc) is 2.36. The van der Waals surface area contributed by atoms with E-state index in [1.54, 1.807) is 10.6 Å². The van der Waals surface area contributed by atoms with Crippen molar-refractivity contribution < 1.29 is 9.90 Å². The van der Waals surface area contributed by atoms with Gasteiger partial charge in [-0.3, -0.25) is 9.59 Å². The van der Waals surface area contributed by atoms with Crippen LogP contribution in [0.3, 0.4) is 0 Å². The summed E-state index contributed by atoms with van der Waals surface area (Å²) in [6, 6.07) is 7.55. The van der Waals surface area contributed by atoms with Gasteiger partial charge < -0.3 is 15.4 Å². The Labute approximate surface area is 110 Å². The number of carboxylic acid groups (broad SMARTS) is 1. The number of aromatic nitrogens is 1. The Bertz CT molecular complexity index is 689. The van der Waals surface area contributed by atoms with E-state index in [1.807, 2.05) is 38.1 Å². The minimum atomic E-state index is -1.30. The molecule has 0 fully saturated rings. The molecule has 5 nitrogen and oxygen atoms in total. The average molecular weight is 260 g/mol. The number of nitrogens with two attached hydrogens (primary N) is 1. The molecule has 1 unspecified atom stereocenters. The molecular formula is C14H16N2O3. The molecule has 2 rings (SSSR count). The van der Waals surface area contributed by atoms with Crippen LogP contribution in [0.1, 0.15) is 31.5 Å². The number of carboxylic acids is 1. The Hall–Kier alpha value is -2.14. The summed E-state index contributed by atoms with van der Waals surface area (Å²) in [4.78, 5) is 23.4.